The van der Waals surface area contributed by atoms with Crippen molar-refractivity contribution >= 4 is 42.4 Å². The minimum atomic E-state index is -3.41. The number of amides is 1. The number of aromatic nitrogens is 1. The van der Waals surface area contributed by atoms with Crippen molar-refractivity contribution in [2.24, 2.45) is 0 Å². The predicted molar refractivity (Wildman–Crippen MR) is 107 cm³/mol. The third-order valence-corrected chi connectivity index (χ3v) is 6.31. The molecule has 1 amide bonds. The molecule has 1 aromatic heterocycles. The number of rotatable bonds is 6. The summed E-state index contributed by atoms with van der Waals surface area (Å²) < 4.78 is 29.9. The summed E-state index contributed by atoms with van der Waals surface area (Å²) >= 11 is 1.41. The summed E-state index contributed by atoms with van der Waals surface area (Å²) in [6, 6.07) is 12.3. The minimum Gasteiger partial charge on any atom is -0.383 e. The van der Waals surface area contributed by atoms with Gasteiger partial charge in [0.2, 0.25) is 0 Å². The predicted octanol–water partition coefficient (Wildman–Crippen LogP) is 3.30. The fourth-order valence-corrected chi connectivity index (χ4v) is 4.29. The number of methoxy groups -OCH3 is 1. The number of aryl methyl sites for hydroxylation is 1. The van der Waals surface area contributed by atoms with Gasteiger partial charge in [-0.15, -0.1) is 0 Å². The van der Waals surface area contributed by atoms with Crippen LogP contribution in [0.4, 0.5) is 5.13 Å². The van der Waals surface area contributed by atoms with Crippen molar-refractivity contribution in [3.63, 3.8) is 0 Å². The number of para-hydroxylation sites is 1. The SMILES string of the molecule is COCCN(C(=O)c1cc(S(C)(=O)=O)ccc1C)c1nc2ccccc2s1. The quantitative estimate of drug-likeness (QED) is 0.630. The average molecular weight is 405 g/mol. The van der Waals surface area contributed by atoms with Crippen LogP contribution in [0.5, 0.6) is 0 Å². The summed E-state index contributed by atoms with van der Waals surface area (Å²) in [6.45, 7) is 2.44. The third kappa shape index (κ3) is 4.18. The van der Waals surface area contributed by atoms with Gasteiger partial charge in [-0.3, -0.25) is 9.69 Å². The molecule has 2 aromatic carbocycles. The van der Waals surface area contributed by atoms with E-state index in [-0.39, 0.29) is 10.8 Å². The standard InChI is InChI=1S/C19H20N2O4S2/c1-13-8-9-14(27(3,23)24)12-15(13)18(22)21(10-11-25-2)19-20-16-6-4-5-7-17(16)26-19/h4-9,12H,10-11H2,1-3H3. The topological polar surface area (TPSA) is 76.6 Å². The van der Waals surface area contributed by atoms with Crippen LogP contribution in [0.15, 0.2) is 47.4 Å². The van der Waals surface area contributed by atoms with Gasteiger partial charge >= 0.3 is 0 Å². The Hall–Kier alpha value is -2.29. The Balaban J connectivity index is 2.06. The zero-order valence-corrected chi connectivity index (χ0v) is 16.9. The van der Waals surface area contributed by atoms with Crippen molar-refractivity contribution in [1.82, 2.24) is 4.98 Å². The molecule has 1 heterocycles. The second-order valence-corrected chi connectivity index (χ2v) is 9.19. The van der Waals surface area contributed by atoms with Crippen LogP contribution < -0.4 is 4.90 Å². The van der Waals surface area contributed by atoms with Crippen LogP contribution in [-0.4, -0.2) is 45.8 Å². The minimum absolute atomic E-state index is 0.118. The number of carbonyl (C=O) groups excluding carboxylic acids is 1. The lowest BCUT2D eigenvalue weighted by Gasteiger charge is -2.20. The molecule has 0 spiro atoms. The van der Waals surface area contributed by atoms with E-state index in [1.165, 1.54) is 23.5 Å². The largest absolute Gasteiger partial charge is 0.383 e. The molecule has 142 valence electrons. The van der Waals surface area contributed by atoms with Gasteiger partial charge in [0.25, 0.3) is 5.91 Å². The Morgan fingerprint density at radius 3 is 2.63 bits per heavy atom. The van der Waals surface area contributed by atoms with Gasteiger partial charge in [0.05, 0.1) is 28.3 Å². The van der Waals surface area contributed by atoms with E-state index in [2.05, 4.69) is 4.98 Å². The number of anilines is 1. The lowest BCUT2D eigenvalue weighted by atomic mass is 10.1. The summed E-state index contributed by atoms with van der Waals surface area (Å²) in [4.78, 5) is 19.5. The van der Waals surface area contributed by atoms with E-state index in [0.717, 1.165) is 16.5 Å². The van der Waals surface area contributed by atoms with Crippen molar-refractivity contribution in [1.29, 1.82) is 0 Å². The van der Waals surface area contributed by atoms with Crippen LogP contribution in [0.3, 0.4) is 0 Å². The number of thiazole rings is 1. The molecule has 8 heteroatoms. The summed E-state index contributed by atoms with van der Waals surface area (Å²) in [6.07, 6.45) is 1.13. The lowest BCUT2D eigenvalue weighted by Crippen LogP contribution is -2.34. The normalized spacial score (nSPS) is 11.7. The first-order valence-electron chi connectivity index (χ1n) is 8.28. The van der Waals surface area contributed by atoms with Crippen LogP contribution >= 0.6 is 11.3 Å². The highest BCUT2D eigenvalue weighted by atomic mass is 32.2. The Labute approximate surface area is 162 Å². The van der Waals surface area contributed by atoms with E-state index in [1.54, 1.807) is 25.0 Å². The van der Waals surface area contributed by atoms with E-state index < -0.39 is 9.84 Å². The van der Waals surface area contributed by atoms with E-state index in [4.69, 9.17) is 4.74 Å². The first-order chi connectivity index (χ1) is 12.8. The molecule has 0 aliphatic carbocycles. The molecule has 0 bridgehead atoms. The molecule has 0 fully saturated rings. The maximum Gasteiger partial charge on any atom is 0.260 e. The molecule has 0 atom stereocenters. The highest BCUT2D eigenvalue weighted by Gasteiger charge is 2.23. The van der Waals surface area contributed by atoms with Crippen LogP contribution in [-0.2, 0) is 14.6 Å². The fourth-order valence-electron chi connectivity index (χ4n) is 2.65. The number of nitrogens with zero attached hydrogens (tertiary/aromatic N) is 2. The smallest absolute Gasteiger partial charge is 0.260 e. The van der Waals surface area contributed by atoms with Crippen LogP contribution in [0.1, 0.15) is 15.9 Å². The molecule has 0 saturated carbocycles. The summed E-state index contributed by atoms with van der Waals surface area (Å²) in [5.41, 5.74) is 1.86. The second kappa shape index (κ2) is 7.75. The van der Waals surface area contributed by atoms with Gasteiger partial charge in [0, 0.05) is 18.9 Å². The third-order valence-electron chi connectivity index (χ3n) is 4.15. The van der Waals surface area contributed by atoms with Gasteiger partial charge in [0.1, 0.15) is 0 Å². The van der Waals surface area contributed by atoms with Gasteiger partial charge in [-0.1, -0.05) is 29.5 Å². The fraction of sp³-hybridized carbons (Fsp3) is 0.263. The Bertz CT molecular complexity index is 1060. The van der Waals surface area contributed by atoms with Crippen LogP contribution in [0.2, 0.25) is 0 Å². The molecule has 0 saturated heterocycles. The van der Waals surface area contributed by atoms with Gasteiger partial charge in [-0.25, -0.2) is 13.4 Å². The van der Waals surface area contributed by atoms with E-state index in [0.29, 0.717) is 29.4 Å². The number of fused-ring (bicyclic) bond motifs is 1. The zero-order chi connectivity index (χ0) is 19.6. The van der Waals surface area contributed by atoms with Crippen molar-refractivity contribution in [3.8, 4) is 0 Å². The number of carbonyl (C=O) groups is 1. The highest BCUT2D eigenvalue weighted by molar-refractivity contribution is 7.90. The highest BCUT2D eigenvalue weighted by Crippen LogP contribution is 2.30. The summed E-state index contributed by atoms with van der Waals surface area (Å²) in [5.74, 6) is -0.297. The van der Waals surface area contributed by atoms with Gasteiger partial charge in [0.15, 0.2) is 15.0 Å². The first kappa shape index (κ1) is 19.5. The zero-order valence-electron chi connectivity index (χ0n) is 15.3. The molecular formula is C19H20N2O4S2. The first-order valence-corrected chi connectivity index (χ1v) is 11.0. The molecule has 3 aromatic rings. The van der Waals surface area contributed by atoms with Crippen molar-refractivity contribution in [2.45, 2.75) is 11.8 Å². The molecule has 6 nitrogen and oxygen atoms in total. The van der Waals surface area contributed by atoms with Crippen molar-refractivity contribution < 1.29 is 17.9 Å². The number of benzene rings is 2. The number of hydrogen-bond acceptors (Lipinski definition) is 6. The Kier molecular flexibility index (Phi) is 5.59. The second-order valence-electron chi connectivity index (χ2n) is 6.16. The molecule has 0 aliphatic heterocycles. The molecule has 0 radical (unpaired) electrons. The molecule has 0 N–H and O–H groups in total. The van der Waals surface area contributed by atoms with E-state index in [1.807, 2.05) is 24.3 Å². The van der Waals surface area contributed by atoms with Crippen LogP contribution in [0, 0.1) is 6.92 Å². The maximum atomic E-state index is 13.3. The Morgan fingerprint density at radius 1 is 1.22 bits per heavy atom. The number of hydrogen-bond donors (Lipinski definition) is 0. The molecule has 0 aliphatic rings. The average Bonchev–Trinajstić information content (AvgIpc) is 3.05. The molecular weight excluding hydrogens is 384 g/mol. The van der Waals surface area contributed by atoms with Crippen LogP contribution in [0.25, 0.3) is 10.2 Å². The van der Waals surface area contributed by atoms with Gasteiger partial charge in [-0.05, 0) is 36.8 Å². The number of ether oxygens (including phenoxy) is 1. The van der Waals surface area contributed by atoms with Gasteiger partial charge < -0.3 is 4.74 Å². The summed E-state index contributed by atoms with van der Waals surface area (Å²) in [7, 11) is -1.85. The Morgan fingerprint density at radius 2 is 1.96 bits per heavy atom. The van der Waals surface area contributed by atoms with E-state index >= 15 is 0 Å². The lowest BCUT2D eigenvalue weighted by molar-refractivity contribution is 0.0975. The van der Waals surface area contributed by atoms with Crippen molar-refractivity contribution in [2.75, 3.05) is 31.4 Å². The maximum absolute atomic E-state index is 13.3. The molecule has 3 rings (SSSR count). The molecule has 0 unspecified atom stereocenters. The molecule has 27 heavy (non-hydrogen) atoms. The summed E-state index contributed by atoms with van der Waals surface area (Å²) in [5, 5.41) is 0.558. The van der Waals surface area contributed by atoms with Crippen molar-refractivity contribution in [3.05, 3.63) is 53.6 Å². The monoisotopic (exact) mass is 404 g/mol. The van der Waals surface area contributed by atoms with E-state index in [9.17, 15) is 13.2 Å². The number of sulfone groups is 1. The van der Waals surface area contributed by atoms with Gasteiger partial charge in [-0.2, -0.15) is 0 Å².